The molecule has 0 heterocycles. The summed E-state index contributed by atoms with van der Waals surface area (Å²) in [6.45, 7) is 1.13. The number of hydrogen-bond donors (Lipinski definition) is 2. The van der Waals surface area contributed by atoms with Crippen molar-refractivity contribution in [1.29, 1.82) is 0 Å². The van der Waals surface area contributed by atoms with Gasteiger partial charge >= 0.3 is 12.3 Å². The molecule has 0 unspecified atom stereocenters. The maximum atomic E-state index is 13.5. The summed E-state index contributed by atoms with van der Waals surface area (Å²) < 4.78 is 44.4. The zero-order chi connectivity index (χ0) is 26.8. The van der Waals surface area contributed by atoms with Crippen molar-refractivity contribution in [2.75, 3.05) is 13.7 Å². The van der Waals surface area contributed by atoms with Crippen molar-refractivity contribution in [1.82, 2.24) is 10.2 Å². The van der Waals surface area contributed by atoms with Gasteiger partial charge in [-0.15, -0.1) is 0 Å². The fourth-order valence-corrected chi connectivity index (χ4v) is 5.34. The van der Waals surface area contributed by atoms with Gasteiger partial charge in [0.2, 0.25) is 0 Å². The third-order valence-corrected chi connectivity index (χ3v) is 7.87. The molecule has 2 amide bonds. The van der Waals surface area contributed by atoms with Crippen molar-refractivity contribution in [3.8, 4) is 0 Å². The van der Waals surface area contributed by atoms with Crippen molar-refractivity contribution < 1.29 is 32.6 Å². The number of alkyl carbamates (subject to hydrolysis) is 1. The SMILES string of the molecule is COC(=O)NC[C@]1(c2ccccc2)CC[C@H](N(C(=O)c2ccc([C@](C)(O)C(F)(F)F)cc2)C2CC2)CC1. The topological polar surface area (TPSA) is 78.9 Å². The largest absolute Gasteiger partial charge is 0.453 e. The highest BCUT2D eigenvalue weighted by Gasteiger charge is 2.51. The van der Waals surface area contributed by atoms with Crippen molar-refractivity contribution in [3.05, 3.63) is 71.3 Å². The van der Waals surface area contributed by atoms with E-state index in [1.807, 2.05) is 23.1 Å². The number of carbonyl (C=O) groups excluding carboxylic acids is 2. The number of carbonyl (C=O) groups is 2. The second kappa shape index (κ2) is 10.4. The molecule has 6 nitrogen and oxygen atoms in total. The molecule has 9 heteroatoms. The lowest BCUT2D eigenvalue weighted by Crippen LogP contribution is -2.49. The molecular formula is C28H33F3N2O4. The molecule has 2 aromatic carbocycles. The van der Waals surface area contributed by atoms with E-state index in [1.54, 1.807) is 0 Å². The number of halogens is 3. The fraction of sp³-hybridized carbons (Fsp3) is 0.500. The van der Waals surface area contributed by atoms with Crippen molar-refractivity contribution in [3.63, 3.8) is 0 Å². The maximum Gasteiger partial charge on any atom is 0.421 e. The van der Waals surface area contributed by atoms with Gasteiger partial charge in [-0.25, -0.2) is 4.79 Å². The zero-order valence-electron chi connectivity index (χ0n) is 21.1. The third kappa shape index (κ3) is 5.61. The molecule has 0 bridgehead atoms. The van der Waals surface area contributed by atoms with Crippen LogP contribution < -0.4 is 5.32 Å². The number of hydrogen-bond acceptors (Lipinski definition) is 4. The summed E-state index contributed by atoms with van der Waals surface area (Å²) in [6.07, 6.45) is -0.519. The van der Waals surface area contributed by atoms with Crippen LogP contribution >= 0.6 is 0 Å². The van der Waals surface area contributed by atoms with Gasteiger partial charge in [0.05, 0.1) is 7.11 Å². The van der Waals surface area contributed by atoms with Gasteiger partial charge < -0.3 is 20.1 Å². The second-order valence-corrected chi connectivity index (χ2v) is 10.3. The van der Waals surface area contributed by atoms with E-state index < -0.39 is 17.9 Å². The van der Waals surface area contributed by atoms with Crippen molar-refractivity contribution in [2.45, 2.75) is 74.7 Å². The van der Waals surface area contributed by atoms with Gasteiger partial charge in [0.15, 0.2) is 5.60 Å². The Morgan fingerprint density at radius 3 is 2.08 bits per heavy atom. The summed E-state index contributed by atoms with van der Waals surface area (Å²) >= 11 is 0. The lowest BCUT2D eigenvalue weighted by Gasteiger charge is -2.44. The van der Waals surface area contributed by atoms with Gasteiger partial charge in [-0.05, 0) is 68.7 Å². The summed E-state index contributed by atoms with van der Waals surface area (Å²) in [5.74, 6) is -0.203. The second-order valence-electron chi connectivity index (χ2n) is 10.3. The van der Waals surface area contributed by atoms with Crippen LogP contribution in [0.4, 0.5) is 18.0 Å². The van der Waals surface area contributed by atoms with Crippen LogP contribution in [0.15, 0.2) is 54.6 Å². The van der Waals surface area contributed by atoms with Crippen LogP contribution in [0.3, 0.4) is 0 Å². The van der Waals surface area contributed by atoms with E-state index >= 15 is 0 Å². The molecule has 0 saturated heterocycles. The molecular weight excluding hydrogens is 485 g/mol. The van der Waals surface area contributed by atoms with E-state index in [2.05, 4.69) is 17.4 Å². The quantitative estimate of drug-likeness (QED) is 0.522. The Labute approximate surface area is 214 Å². The molecule has 0 radical (unpaired) electrons. The van der Waals surface area contributed by atoms with Crippen molar-refractivity contribution >= 4 is 12.0 Å². The average Bonchev–Trinajstić information content (AvgIpc) is 3.73. The van der Waals surface area contributed by atoms with Crippen LogP contribution in [0.1, 0.15) is 66.9 Å². The number of methoxy groups -OCH3 is 1. The van der Waals surface area contributed by atoms with Gasteiger partial charge in [-0.1, -0.05) is 42.5 Å². The predicted molar refractivity (Wildman–Crippen MR) is 132 cm³/mol. The number of amides is 2. The highest BCUT2D eigenvalue weighted by molar-refractivity contribution is 5.95. The molecule has 4 rings (SSSR count). The van der Waals surface area contributed by atoms with E-state index in [9.17, 15) is 27.9 Å². The number of ether oxygens (including phenoxy) is 1. The summed E-state index contributed by atoms with van der Waals surface area (Å²) in [4.78, 5) is 27.3. The molecule has 200 valence electrons. The minimum Gasteiger partial charge on any atom is -0.453 e. The Bertz CT molecular complexity index is 1090. The van der Waals surface area contributed by atoms with Crippen LogP contribution in [0.5, 0.6) is 0 Å². The third-order valence-electron chi connectivity index (χ3n) is 7.87. The normalized spacial score (nSPS) is 23.6. The summed E-state index contributed by atoms with van der Waals surface area (Å²) in [6, 6.07) is 15.2. The highest BCUT2D eigenvalue weighted by Crippen LogP contribution is 2.43. The molecule has 0 aliphatic heterocycles. The molecule has 2 aliphatic carbocycles. The Morgan fingerprint density at radius 2 is 1.57 bits per heavy atom. The standard InChI is InChI=1S/C28H33F3N2O4/c1-26(36,28(29,30)31)20-10-8-19(9-11-20)24(34)33(22-12-13-22)23-14-16-27(17-15-23,18-32-25(35)37-2)21-6-4-3-5-7-21/h3-11,22-23,36H,12-18H2,1-2H3,(H,32,35)/t23-,26-,27-/m0/s1. The van der Waals surface area contributed by atoms with E-state index in [0.29, 0.717) is 19.0 Å². The Balaban J connectivity index is 1.51. The average molecular weight is 519 g/mol. The molecule has 1 atom stereocenters. The van der Waals surface area contributed by atoms with E-state index in [0.717, 1.165) is 44.1 Å². The van der Waals surface area contributed by atoms with E-state index in [1.165, 1.54) is 31.4 Å². The van der Waals surface area contributed by atoms with E-state index in [4.69, 9.17) is 4.74 Å². The smallest absolute Gasteiger partial charge is 0.421 e. The first kappa shape index (κ1) is 27.0. The first-order chi connectivity index (χ1) is 17.5. The Morgan fingerprint density at radius 1 is 1.00 bits per heavy atom. The van der Waals surface area contributed by atoms with Gasteiger partial charge in [0.1, 0.15) is 0 Å². The lowest BCUT2D eigenvalue weighted by molar-refractivity contribution is -0.258. The molecule has 37 heavy (non-hydrogen) atoms. The molecule has 2 N–H and O–H groups in total. The number of rotatable bonds is 7. The van der Waals surface area contributed by atoms with Crippen LogP contribution in [0.2, 0.25) is 0 Å². The van der Waals surface area contributed by atoms with E-state index in [-0.39, 0.29) is 29.0 Å². The maximum absolute atomic E-state index is 13.5. The number of nitrogens with zero attached hydrogens (tertiary/aromatic N) is 1. The predicted octanol–water partition coefficient (Wildman–Crippen LogP) is 5.30. The molecule has 0 spiro atoms. The van der Waals surface area contributed by atoms with Crippen LogP contribution in [0, 0.1) is 0 Å². The Kier molecular flexibility index (Phi) is 7.55. The zero-order valence-corrected chi connectivity index (χ0v) is 21.1. The first-order valence-corrected chi connectivity index (χ1v) is 12.6. The number of alkyl halides is 3. The minimum atomic E-state index is -4.82. The number of benzene rings is 2. The van der Waals surface area contributed by atoms with Crippen LogP contribution in [-0.4, -0.2) is 53.9 Å². The van der Waals surface area contributed by atoms with Gasteiger partial charge in [0, 0.05) is 29.6 Å². The molecule has 2 aromatic rings. The molecule has 2 fully saturated rings. The molecule has 0 aromatic heterocycles. The van der Waals surface area contributed by atoms with Gasteiger partial charge in [0.25, 0.3) is 5.91 Å². The summed E-state index contributed by atoms with van der Waals surface area (Å²) in [5.41, 5.74) is -2.15. The van der Waals surface area contributed by atoms with Gasteiger partial charge in [-0.2, -0.15) is 13.2 Å². The minimum absolute atomic E-state index is 0.00655. The molecule has 2 aliphatic rings. The summed E-state index contributed by atoms with van der Waals surface area (Å²) in [5, 5.41) is 12.8. The number of aliphatic hydroxyl groups is 1. The Hall–Kier alpha value is -3.07. The van der Waals surface area contributed by atoms with Crippen LogP contribution in [-0.2, 0) is 15.8 Å². The van der Waals surface area contributed by atoms with Gasteiger partial charge in [-0.3, -0.25) is 4.79 Å². The first-order valence-electron chi connectivity index (χ1n) is 12.6. The lowest BCUT2D eigenvalue weighted by atomic mass is 9.67. The fourth-order valence-electron chi connectivity index (χ4n) is 5.34. The molecule has 2 saturated carbocycles. The highest BCUT2D eigenvalue weighted by atomic mass is 19.4. The monoisotopic (exact) mass is 518 g/mol. The van der Waals surface area contributed by atoms with Crippen LogP contribution in [0.25, 0.3) is 0 Å². The summed E-state index contributed by atoms with van der Waals surface area (Å²) in [7, 11) is 1.33. The number of nitrogens with one attached hydrogen (secondary N) is 1. The van der Waals surface area contributed by atoms with Crippen molar-refractivity contribution in [2.24, 2.45) is 0 Å².